The van der Waals surface area contributed by atoms with E-state index < -0.39 is 6.04 Å². The summed E-state index contributed by atoms with van der Waals surface area (Å²) in [5, 5.41) is 2.69. The van der Waals surface area contributed by atoms with Crippen LogP contribution in [0.3, 0.4) is 0 Å². The van der Waals surface area contributed by atoms with Gasteiger partial charge in [0.05, 0.1) is 17.9 Å². The summed E-state index contributed by atoms with van der Waals surface area (Å²) < 4.78 is 12.0. The fourth-order valence-corrected chi connectivity index (χ4v) is 3.22. The quantitative estimate of drug-likeness (QED) is 0.682. The number of pyridine rings is 1. The van der Waals surface area contributed by atoms with Crippen LogP contribution in [0.15, 0.2) is 66.9 Å². The summed E-state index contributed by atoms with van der Waals surface area (Å²) in [5.41, 5.74) is 8.43. The van der Waals surface area contributed by atoms with E-state index in [1.807, 2.05) is 36.4 Å². The van der Waals surface area contributed by atoms with Crippen LogP contribution in [0.5, 0.6) is 17.4 Å². The second-order valence-corrected chi connectivity index (χ2v) is 7.09. The fourth-order valence-electron chi connectivity index (χ4n) is 3.22. The summed E-state index contributed by atoms with van der Waals surface area (Å²) >= 11 is 0. The molecule has 29 heavy (non-hydrogen) atoms. The molecule has 2 aromatic carbocycles. The van der Waals surface area contributed by atoms with Crippen molar-refractivity contribution in [2.45, 2.75) is 31.9 Å². The maximum absolute atomic E-state index is 11.6. The standard InChI is InChI=1S/C23H23N3O3/c1-15(24)23(27)26-18-8-12-22(25-14-18)28-19-9-11-21-17(13-19)7-10-20(29-21)16-5-3-2-4-6-16/h2-6,8-9,11-15,20H,7,10,24H2,1H3,(H,26,27)/t15?,20-/m1/s1. The predicted molar refractivity (Wildman–Crippen MR) is 111 cm³/mol. The number of nitrogens with two attached hydrogens (primary N) is 1. The van der Waals surface area contributed by atoms with Crippen molar-refractivity contribution in [2.24, 2.45) is 5.73 Å². The molecule has 1 aliphatic rings. The minimum Gasteiger partial charge on any atom is -0.485 e. The van der Waals surface area contributed by atoms with Crippen LogP contribution in [-0.4, -0.2) is 16.9 Å². The number of ether oxygens (including phenoxy) is 2. The second kappa shape index (κ2) is 8.32. The number of carbonyl (C=O) groups is 1. The molecule has 3 aromatic rings. The maximum atomic E-state index is 11.6. The highest BCUT2D eigenvalue weighted by Gasteiger charge is 2.21. The van der Waals surface area contributed by atoms with Gasteiger partial charge in [-0.15, -0.1) is 0 Å². The first-order valence-corrected chi connectivity index (χ1v) is 9.63. The molecule has 1 unspecified atom stereocenters. The zero-order chi connectivity index (χ0) is 20.2. The molecule has 148 valence electrons. The molecule has 2 heterocycles. The topological polar surface area (TPSA) is 86.5 Å². The summed E-state index contributed by atoms with van der Waals surface area (Å²) in [7, 11) is 0. The lowest BCUT2D eigenvalue weighted by Crippen LogP contribution is -2.32. The first-order valence-electron chi connectivity index (χ1n) is 9.63. The third-order valence-corrected chi connectivity index (χ3v) is 4.79. The Bertz CT molecular complexity index is 988. The molecule has 0 saturated carbocycles. The smallest absolute Gasteiger partial charge is 0.241 e. The lowest BCUT2D eigenvalue weighted by atomic mass is 9.97. The number of hydrogen-bond acceptors (Lipinski definition) is 5. The van der Waals surface area contributed by atoms with Gasteiger partial charge in [0.15, 0.2) is 0 Å². The van der Waals surface area contributed by atoms with Crippen molar-refractivity contribution in [3.8, 4) is 17.4 Å². The normalized spacial score (nSPS) is 16.3. The molecule has 1 aliphatic heterocycles. The third kappa shape index (κ3) is 4.55. The van der Waals surface area contributed by atoms with Gasteiger partial charge >= 0.3 is 0 Å². The van der Waals surface area contributed by atoms with Crippen molar-refractivity contribution >= 4 is 11.6 Å². The van der Waals surface area contributed by atoms with Crippen LogP contribution in [0.25, 0.3) is 0 Å². The SMILES string of the molecule is CC(N)C(=O)Nc1ccc(Oc2ccc3c(c2)CC[C@H](c2ccccc2)O3)nc1. The zero-order valence-electron chi connectivity index (χ0n) is 16.2. The molecular formula is C23H23N3O3. The Morgan fingerprint density at radius 1 is 1.21 bits per heavy atom. The van der Waals surface area contributed by atoms with E-state index in [-0.39, 0.29) is 12.0 Å². The van der Waals surface area contributed by atoms with E-state index in [1.165, 1.54) is 5.56 Å². The van der Waals surface area contributed by atoms with E-state index in [2.05, 4.69) is 22.4 Å². The van der Waals surface area contributed by atoms with Crippen LogP contribution in [0.1, 0.15) is 30.6 Å². The van der Waals surface area contributed by atoms with Gasteiger partial charge in [-0.25, -0.2) is 4.98 Å². The maximum Gasteiger partial charge on any atom is 0.241 e. The van der Waals surface area contributed by atoms with Crippen LogP contribution in [0.2, 0.25) is 0 Å². The van der Waals surface area contributed by atoms with E-state index in [1.54, 1.807) is 25.3 Å². The van der Waals surface area contributed by atoms with Gasteiger partial charge in [0.1, 0.15) is 17.6 Å². The molecule has 4 rings (SSSR count). The third-order valence-electron chi connectivity index (χ3n) is 4.79. The molecule has 0 saturated heterocycles. The highest BCUT2D eigenvalue weighted by Crippen LogP contribution is 2.37. The first kappa shape index (κ1) is 19.0. The first-order chi connectivity index (χ1) is 14.1. The second-order valence-electron chi connectivity index (χ2n) is 7.09. The zero-order valence-corrected chi connectivity index (χ0v) is 16.2. The van der Waals surface area contributed by atoms with Crippen molar-refractivity contribution in [3.63, 3.8) is 0 Å². The number of anilines is 1. The molecule has 6 nitrogen and oxygen atoms in total. The van der Waals surface area contributed by atoms with E-state index >= 15 is 0 Å². The van der Waals surface area contributed by atoms with Gasteiger partial charge in [-0.2, -0.15) is 0 Å². The molecule has 0 aliphatic carbocycles. The number of nitrogens with zero attached hydrogens (tertiary/aromatic N) is 1. The Morgan fingerprint density at radius 2 is 2.03 bits per heavy atom. The van der Waals surface area contributed by atoms with Crippen molar-refractivity contribution in [1.29, 1.82) is 0 Å². The Balaban J connectivity index is 1.42. The molecule has 0 spiro atoms. The van der Waals surface area contributed by atoms with E-state index in [0.29, 0.717) is 17.3 Å². The van der Waals surface area contributed by atoms with Gasteiger partial charge in [0.2, 0.25) is 11.8 Å². The largest absolute Gasteiger partial charge is 0.485 e. The van der Waals surface area contributed by atoms with E-state index in [4.69, 9.17) is 15.2 Å². The Kier molecular flexibility index (Phi) is 5.44. The number of nitrogens with one attached hydrogen (secondary N) is 1. The number of hydrogen-bond donors (Lipinski definition) is 2. The molecule has 0 fully saturated rings. The van der Waals surface area contributed by atoms with Gasteiger partial charge in [-0.1, -0.05) is 30.3 Å². The van der Waals surface area contributed by atoms with Gasteiger partial charge in [-0.3, -0.25) is 4.79 Å². The average molecular weight is 389 g/mol. The Labute approximate surface area is 169 Å². The molecule has 1 aromatic heterocycles. The fraction of sp³-hybridized carbons (Fsp3) is 0.217. The Morgan fingerprint density at radius 3 is 2.76 bits per heavy atom. The van der Waals surface area contributed by atoms with Crippen molar-refractivity contribution < 1.29 is 14.3 Å². The van der Waals surface area contributed by atoms with Gasteiger partial charge in [-0.05, 0) is 55.2 Å². The summed E-state index contributed by atoms with van der Waals surface area (Å²) in [4.78, 5) is 15.9. The van der Waals surface area contributed by atoms with Gasteiger partial charge < -0.3 is 20.5 Å². The van der Waals surface area contributed by atoms with Crippen molar-refractivity contribution in [2.75, 3.05) is 5.32 Å². The minimum atomic E-state index is -0.579. The lowest BCUT2D eigenvalue weighted by molar-refractivity contribution is -0.117. The average Bonchev–Trinajstić information content (AvgIpc) is 2.75. The summed E-state index contributed by atoms with van der Waals surface area (Å²) in [5.74, 6) is 1.77. The van der Waals surface area contributed by atoms with Crippen LogP contribution >= 0.6 is 0 Å². The predicted octanol–water partition coefficient (Wildman–Crippen LogP) is 4.23. The van der Waals surface area contributed by atoms with Crippen molar-refractivity contribution in [1.82, 2.24) is 4.98 Å². The molecule has 2 atom stereocenters. The summed E-state index contributed by atoms with van der Waals surface area (Å²) in [6.45, 7) is 1.63. The van der Waals surface area contributed by atoms with Gasteiger partial charge in [0, 0.05) is 6.07 Å². The highest BCUT2D eigenvalue weighted by atomic mass is 16.5. The van der Waals surface area contributed by atoms with Crippen LogP contribution in [0.4, 0.5) is 5.69 Å². The van der Waals surface area contributed by atoms with E-state index in [0.717, 1.165) is 24.2 Å². The molecule has 3 N–H and O–H groups in total. The molecule has 1 amide bonds. The van der Waals surface area contributed by atoms with Crippen molar-refractivity contribution in [3.05, 3.63) is 78.0 Å². The summed E-state index contributed by atoms with van der Waals surface area (Å²) in [6, 6.07) is 18.9. The van der Waals surface area contributed by atoms with Crippen LogP contribution < -0.4 is 20.5 Å². The number of fused-ring (bicyclic) bond motifs is 1. The molecule has 0 bridgehead atoms. The minimum absolute atomic E-state index is 0.0797. The highest BCUT2D eigenvalue weighted by molar-refractivity contribution is 5.94. The summed E-state index contributed by atoms with van der Waals surface area (Å²) in [6.07, 6.45) is 3.46. The van der Waals surface area contributed by atoms with E-state index in [9.17, 15) is 4.79 Å². The Hall–Kier alpha value is -3.38. The lowest BCUT2D eigenvalue weighted by Gasteiger charge is -2.26. The number of benzene rings is 2. The monoisotopic (exact) mass is 389 g/mol. The molecular weight excluding hydrogens is 366 g/mol. The molecule has 0 radical (unpaired) electrons. The number of aromatic nitrogens is 1. The number of rotatable bonds is 5. The van der Waals surface area contributed by atoms with Gasteiger partial charge in [0.25, 0.3) is 0 Å². The molecule has 6 heteroatoms. The van der Waals surface area contributed by atoms with Crippen LogP contribution in [-0.2, 0) is 11.2 Å². The van der Waals surface area contributed by atoms with Crippen LogP contribution in [0, 0.1) is 0 Å². The number of carbonyl (C=O) groups excluding carboxylic acids is 1. The number of aryl methyl sites for hydroxylation is 1. The number of amides is 1.